The van der Waals surface area contributed by atoms with Gasteiger partial charge in [-0.05, 0) is 30.5 Å². The molecule has 0 aromatic heterocycles. The normalized spacial score (nSPS) is 20.0. The maximum absolute atomic E-state index is 12.4. The number of rotatable bonds is 6. The highest BCUT2D eigenvalue weighted by atomic mass is 79.9. The molecule has 1 aromatic carbocycles. The monoisotopic (exact) mass is 484 g/mol. The van der Waals surface area contributed by atoms with Crippen LogP contribution in [0.4, 0.5) is 4.79 Å². The summed E-state index contributed by atoms with van der Waals surface area (Å²) in [7, 11) is -9.28. The number of amides is 2. The second-order valence-electron chi connectivity index (χ2n) is 5.69. The minimum Gasteiger partial charge on any atom is -0.445 e. The van der Waals surface area contributed by atoms with Gasteiger partial charge in [0.2, 0.25) is 0 Å². The van der Waals surface area contributed by atoms with Gasteiger partial charge in [-0.2, -0.15) is 8.42 Å². The van der Waals surface area contributed by atoms with Crippen molar-refractivity contribution < 1.29 is 31.9 Å². The first kappa shape index (κ1) is 21.8. The van der Waals surface area contributed by atoms with Crippen LogP contribution in [0, 0.1) is 0 Å². The first-order valence-corrected chi connectivity index (χ1v) is 11.6. The van der Waals surface area contributed by atoms with Crippen LogP contribution < -0.4 is 15.3 Å². The van der Waals surface area contributed by atoms with E-state index in [0.29, 0.717) is 11.1 Å². The van der Waals surface area contributed by atoms with E-state index in [1.165, 1.54) is 4.49 Å². The van der Waals surface area contributed by atoms with Gasteiger partial charge in [0.05, 0.1) is 0 Å². The van der Waals surface area contributed by atoms with E-state index in [4.69, 9.17) is 14.8 Å². The van der Waals surface area contributed by atoms with E-state index in [0.717, 1.165) is 10.0 Å². The van der Waals surface area contributed by atoms with Crippen LogP contribution in [-0.4, -0.2) is 42.2 Å². The Kier molecular flexibility index (Phi) is 7.00. The van der Waals surface area contributed by atoms with Gasteiger partial charge in [-0.15, -0.1) is 4.49 Å². The molecule has 1 fully saturated rings. The van der Waals surface area contributed by atoms with Gasteiger partial charge in [0, 0.05) is 11.0 Å². The summed E-state index contributed by atoms with van der Waals surface area (Å²) in [5.74, 6) is -0.844. The van der Waals surface area contributed by atoms with Crippen LogP contribution in [0.2, 0.25) is 0 Å². The Morgan fingerprint density at radius 1 is 1.41 bits per heavy atom. The number of benzene rings is 1. The van der Waals surface area contributed by atoms with Gasteiger partial charge >= 0.3 is 24.0 Å². The Morgan fingerprint density at radius 3 is 2.63 bits per heavy atom. The minimum absolute atomic E-state index is 0.0244. The highest BCUT2D eigenvalue weighted by Crippen LogP contribution is 2.40. The van der Waals surface area contributed by atoms with Crippen molar-refractivity contribution in [2.24, 2.45) is 5.50 Å². The van der Waals surface area contributed by atoms with Crippen LogP contribution in [0.1, 0.15) is 18.4 Å². The molecule has 0 spiro atoms. The summed E-state index contributed by atoms with van der Waals surface area (Å²) in [5, 5.41) is 2.34. The van der Waals surface area contributed by atoms with E-state index in [-0.39, 0.29) is 19.6 Å². The molecule has 0 aliphatic carbocycles. The molecule has 2 amide bonds. The third-order valence-corrected chi connectivity index (χ3v) is 7.21. The quantitative estimate of drug-likeness (QED) is 0.344. The van der Waals surface area contributed by atoms with Gasteiger partial charge in [0.1, 0.15) is 12.6 Å². The predicted octanol–water partition coefficient (Wildman–Crippen LogP) is 1.13. The highest BCUT2D eigenvalue weighted by molar-refractivity contribution is 9.10. The second kappa shape index (κ2) is 8.67. The average molecular weight is 485 g/mol. The topological polar surface area (TPSA) is 168 Å². The highest BCUT2D eigenvalue weighted by Gasteiger charge is 2.40. The van der Waals surface area contributed by atoms with E-state index in [1.54, 1.807) is 24.3 Å². The molecule has 5 N–H and O–H groups in total. The minimum atomic E-state index is -4.88. The molecule has 1 heterocycles. The molecule has 0 saturated carbocycles. The number of hydrogen-bond donors (Lipinski definition) is 4. The lowest BCUT2D eigenvalue weighted by Gasteiger charge is -2.35. The fraction of sp³-hybridized carbons (Fsp3) is 0.385. The van der Waals surface area contributed by atoms with Crippen molar-refractivity contribution in [2.45, 2.75) is 25.5 Å². The third-order valence-electron chi connectivity index (χ3n) is 3.60. The molecule has 2 atom stereocenters. The van der Waals surface area contributed by atoms with Crippen LogP contribution in [0.5, 0.6) is 0 Å². The van der Waals surface area contributed by atoms with Gasteiger partial charge in [-0.3, -0.25) is 24.1 Å². The molecule has 14 heteroatoms. The Hall–Kier alpha value is -1.50. The van der Waals surface area contributed by atoms with Crippen molar-refractivity contribution in [1.29, 1.82) is 0 Å². The number of ether oxygens (including phenoxy) is 1. The molecular weight excluding hydrogens is 467 g/mol. The van der Waals surface area contributed by atoms with Crippen molar-refractivity contribution in [3.8, 4) is 0 Å². The molecule has 1 saturated heterocycles. The largest absolute Gasteiger partial charge is 0.445 e. The Labute approximate surface area is 164 Å². The fourth-order valence-corrected chi connectivity index (χ4v) is 5.27. The zero-order valence-electron chi connectivity index (χ0n) is 13.9. The summed E-state index contributed by atoms with van der Waals surface area (Å²) in [4.78, 5) is 24.3. The number of nitrogens with zero attached hydrogens (tertiary/aromatic N) is 1. The van der Waals surface area contributed by atoms with Crippen molar-refractivity contribution in [2.75, 3.05) is 6.54 Å². The van der Waals surface area contributed by atoms with Crippen LogP contribution in [-0.2, 0) is 31.0 Å². The predicted molar refractivity (Wildman–Crippen MR) is 98.7 cm³/mol. The second-order valence-corrected chi connectivity index (χ2v) is 10.0. The van der Waals surface area contributed by atoms with Crippen molar-refractivity contribution in [3.05, 3.63) is 34.3 Å². The molecule has 0 radical (unpaired) electrons. The van der Waals surface area contributed by atoms with Crippen molar-refractivity contribution in [3.63, 3.8) is 0 Å². The summed E-state index contributed by atoms with van der Waals surface area (Å²) in [5.41, 5.74) is 6.10. The van der Waals surface area contributed by atoms with Gasteiger partial charge in [-0.1, -0.05) is 28.1 Å². The molecular formula is C13H18BrN4O7PS. The molecule has 1 aliphatic heterocycles. The van der Waals surface area contributed by atoms with Crippen molar-refractivity contribution >= 4 is 45.8 Å². The summed E-state index contributed by atoms with van der Waals surface area (Å²) in [6.45, 7) is -0.120. The zero-order valence-corrected chi connectivity index (χ0v) is 17.2. The summed E-state index contributed by atoms with van der Waals surface area (Å²) < 4.78 is 50.6. The lowest BCUT2D eigenvalue weighted by atomic mass is 10.1. The number of nitrogens with two attached hydrogens (primary N) is 1. The van der Waals surface area contributed by atoms with Crippen molar-refractivity contribution in [1.82, 2.24) is 14.5 Å². The van der Waals surface area contributed by atoms with E-state index in [9.17, 15) is 22.6 Å². The Morgan fingerprint density at radius 2 is 2.04 bits per heavy atom. The van der Waals surface area contributed by atoms with Crippen LogP contribution >= 0.6 is 23.5 Å². The lowest BCUT2D eigenvalue weighted by Crippen LogP contribution is -2.53. The van der Waals surface area contributed by atoms with Gasteiger partial charge < -0.3 is 10.1 Å². The Balaban J connectivity index is 1.95. The molecule has 1 aromatic rings. The number of hydrogen-bond acceptors (Lipinski definition) is 6. The maximum Gasteiger partial charge on any atom is 0.408 e. The smallest absolute Gasteiger partial charge is 0.408 e. The van der Waals surface area contributed by atoms with E-state index >= 15 is 0 Å². The third kappa shape index (κ3) is 6.55. The van der Waals surface area contributed by atoms with Gasteiger partial charge in [0.15, 0.2) is 0 Å². The van der Waals surface area contributed by atoms with Gasteiger partial charge in [-0.25, -0.2) is 4.79 Å². The lowest BCUT2D eigenvalue weighted by molar-refractivity contribution is -0.130. The number of carbonyl (C=O) groups is 2. The number of alkyl carbamates (subject to hydrolysis) is 1. The molecule has 1 unspecified atom stereocenters. The van der Waals surface area contributed by atoms with E-state index in [2.05, 4.69) is 21.2 Å². The molecule has 150 valence electrons. The van der Waals surface area contributed by atoms with Gasteiger partial charge in [0.25, 0.3) is 5.91 Å². The molecule has 0 bridgehead atoms. The molecule has 1 aliphatic rings. The van der Waals surface area contributed by atoms with E-state index in [1.807, 2.05) is 0 Å². The number of carbonyl (C=O) groups excluding carboxylic acids is 2. The van der Waals surface area contributed by atoms with Crippen LogP contribution in [0.25, 0.3) is 0 Å². The number of nitrogens with one attached hydrogen (secondary N) is 2. The molecule has 27 heavy (non-hydrogen) atoms. The molecule has 11 nitrogen and oxygen atoms in total. The van der Waals surface area contributed by atoms with Crippen LogP contribution in [0.15, 0.2) is 28.7 Å². The standard InChI is InChI=1S/C13H18BrN4O7PS/c14-10-5-3-9(4-6-10)8-25-13(20)16-11-2-1-7-18(12(11)19)26(15,21)17-27(22,23)24/h3-6,11H,1-2,7-8H2,(H,16,20)(H3,15,17,21)(H,22,23,24)/t11-,26?/m1/s1. The van der Waals surface area contributed by atoms with Crippen LogP contribution in [0.3, 0.4) is 0 Å². The summed E-state index contributed by atoms with van der Waals surface area (Å²) in [6.07, 6.45) is -0.334. The first-order valence-electron chi connectivity index (χ1n) is 7.62. The zero-order chi connectivity index (χ0) is 20.2. The number of piperidine rings is 1. The number of halogens is 1. The SMILES string of the molecule is NP(=O)(NS(=O)(=O)O)N1CCC[C@@H](NC(=O)OCc2ccc(Br)cc2)C1=O. The summed E-state index contributed by atoms with van der Waals surface area (Å²) in [6, 6.07) is 5.96. The fourth-order valence-electron chi connectivity index (χ4n) is 2.42. The average Bonchev–Trinajstić information content (AvgIpc) is 2.54. The molecule has 2 rings (SSSR count). The maximum atomic E-state index is 12.4. The first-order chi connectivity index (χ1) is 12.5. The Bertz CT molecular complexity index is 864. The van der Waals surface area contributed by atoms with E-state index < -0.39 is 35.9 Å². The summed E-state index contributed by atoms with van der Waals surface area (Å²) >= 11 is 3.28.